The van der Waals surface area contributed by atoms with Gasteiger partial charge in [-0.1, -0.05) is 0 Å². The zero-order valence-corrected chi connectivity index (χ0v) is 11.3. The number of nitrogens with one attached hydrogen (secondary N) is 1. The van der Waals surface area contributed by atoms with Crippen LogP contribution in [0.3, 0.4) is 0 Å². The van der Waals surface area contributed by atoms with Gasteiger partial charge in [0.1, 0.15) is 5.25 Å². The van der Waals surface area contributed by atoms with Gasteiger partial charge in [0.05, 0.1) is 29.0 Å². The van der Waals surface area contributed by atoms with Crippen molar-refractivity contribution in [2.45, 2.75) is 5.25 Å². The Kier molecular flexibility index (Phi) is 3.00. The van der Waals surface area contributed by atoms with E-state index in [1.165, 1.54) is 11.3 Å². The molecule has 1 N–H and O–H groups in total. The molecule has 1 fully saturated rings. The van der Waals surface area contributed by atoms with Crippen molar-refractivity contribution in [1.82, 2.24) is 9.71 Å². The summed E-state index contributed by atoms with van der Waals surface area (Å²) in [6, 6.07) is 3.60. The van der Waals surface area contributed by atoms with Crippen molar-refractivity contribution in [3.05, 3.63) is 29.3 Å². The molecule has 3 rings (SSSR count). The van der Waals surface area contributed by atoms with Crippen LogP contribution in [-0.2, 0) is 14.8 Å². The molecule has 0 saturated carbocycles. The minimum atomic E-state index is -3.67. The third-order valence-corrected chi connectivity index (χ3v) is 5.41. The Labute approximate surface area is 113 Å². The van der Waals surface area contributed by atoms with Crippen molar-refractivity contribution >= 4 is 37.5 Å². The van der Waals surface area contributed by atoms with Crippen LogP contribution < -0.4 is 4.72 Å². The van der Waals surface area contributed by atoms with Crippen LogP contribution in [0.25, 0.3) is 10.2 Å². The lowest BCUT2D eigenvalue weighted by Gasteiger charge is -2.25. The normalized spacial score (nSPS) is 16.2. The number of sulfonamides is 1. The average molecular weight is 298 g/mol. The summed E-state index contributed by atoms with van der Waals surface area (Å²) in [4.78, 5) is 16.1. The first-order valence-electron chi connectivity index (χ1n) is 5.54. The van der Waals surface area contributed by atoms with Crippen molar-refractivity contribution in [2.24, 2.45) is 0 Å². The number of carbonyl (C=O) groups is 1. The summed E-state index contributed by atoms with van der Waals surface area (Å²) < 4.78 is 31.4. The zero-order valence-electron chi connectivity index (χ0n) is 9.70. The maximum Gasteiger partial charge on any atom is 0.267 e. The summed E-state index contributed by atoms with van der Waals surface area (Å²) in [7, 11) is -3.67. The number of hydrogen-bond acceptors (Lipinski definition) is 6. The Hall–Kier alpha value is -1.51. The molecule has 0 aromatic carbocycles. The molecule has 2 aromatic rings. The Balaban J connectivity index is 1.88. The molecule has 0 unspecified atom stereocenters. The number of carbonyl (C=O) groups excluding carboxylic acids is 1. The van der Waals surface area contributed by atoms with Crippen molar-refractivity contribution in [1.29, 1.82) is 0 Å². The van der Waals surface area contributed by atoms with Crippen molar-refractivity contribution in [2.75, 3.05) is 13.2 Å². The average Bonchev–Trinajstić information content (AvgIpc) is 2.68. The molecule has 1 saturated heterocycles. The highest BCUT2D eigenvalue weighted by molar-refractivity contribution is 7.90. The lowest BCUT2D eigenvalue weighted by Crippen LogP contribution is -2.48. The highest BCUT2D eigenvalue weighted by atomic mass is 32.2. The lowest BCUT2D eigenvalue weighted by atomic mass is 10.2. The molecule has 6 nitrogen and oxygen atoms in total. The minimum Gasteiger partial charge on any atom is -0.378 e. The zero-order chi connectivity index (χ0) is 13.5. The second-order valence-electron chi connectivity index (χ2n) is 4.14. The number of thiophene rings is 1. The molecule has 100 valence electrons. The van der Waals surface area contributed by atoms with Gasteiger partial charge in [0, 0.05) is 11.6 Å². The fourth-order valence-corrected chi connectivity index (χ4v) is 3.67. The van der Waals surface area contributed by atoms with E-state index in [1.54, 1.807) is 17.6 Å². The molecule has 3 heterocycles. The molecule has 1 aliphatic rings. The molecule has 1 amide bonds. The SMILES string of the molecule is O=C(NS(=O)(=O)C1COC1)c1csc2cccnc12. The summed E-state index contributed by atoms with van der Waals surface area (Å²) in [6.07, 6.45) is 1.57. The van der Waals surface area contributed by atoms with Crippen LogP contribution in [0.1, 0.15) is 10.4 Å². The second kappa shape index (κ2) is 4.55. The summed E-state index contributed by atoms with van der Waals surface area (Å²) in [5.41, 5.74) is 0.800. The highest BCUT2D eigenvalue weighted by Crippen LogP contribution is 2.23. The number of pyridine rings is 1. The first kappa shape index (κ1) is 12.5. The Morgan fingerprint density at radius 2 is 2.26 bits per heavy atom. The fourth-order valence-electron chi connectivity index (χ4n) is 1.69. The number of rotatable bonds is 3. The second-order valence-corrected chi connectivity index (χ2v) is 7.01. The van der Waals surface area contributed by atoms with E-state index in [2.05, 4.69) is 9.71 Å². The van der Waals surface area contributed by atoms with Gasteiger partial charge in [-0.25, -0.2) is 13.1 Å². The Morgan fingerprint density at radius 3 is 2.95 bits per heavy atom. The molecule has 0 radical (unpaired) electrons. The van der Waals surface area contributed by atoms with E-state index < -0.39 is 21.2 Å². The minimum absolute atomic E-state index is 0.130. The van der Waals surface area contributed by atoms with Gasteiger partial charge in [-0.3, -0.25) is 9.78 Å². The van der Waals surface area contributed by atoms with Crippen LogP contribution >= 0.6 is 11.3 Å². The van der Waals surface area contributed by atoms with Crippen molar-refractivity contribution in [3.8, 4) is 0 Å². The molecule has 19 heavy (non-hydrogen) atoms. The standard InChI is InChI=1S/C11H10N2O4S2/c14-11(13-19(15,16)7-4-17-5-7)8-6-18-9-2-1-3-12-10(8)9/h1-3,6-7H,4-5H2,(H,13,14). The van der Waals surface area contributed by atoms with E-state index >= 15 is 0 Å². The molecular weight excluding hydrogens is 288 g/mol. The van der Waals surface area contributed by atoms with E-state index in [4.69, 9.17) is 4.74 Å². The number of hydrogen-bond donors (Lipinski definition) is 1. The third kappa shape index (κ3) is 2.22. The van der Waals surface area contributed by atoms with Gasteiger partial charge in [-0.15, -0.1) is 11.3 Å². The first-order valence-corrected chi connectivity index (χ1v) is 7.96. The van der Waals surface area contributed by atoms with Crippen LogP contribution in [0.2, 0.25) is 0 Å². The van der Waals surface area contributed by atoms with Gasteiger partial charge in [0.25, 0.3) is 5.91 Å². The van der Waals surface area contributed by atoms with Crippen molar-refractivity contribution < 1.29 is 17.9 Å². The van der Waals surface area contributed by atoms with E-state index in [9.17, 15) is 13.2 Å². The molecular formula is C11H10N2O4S2. The monoisotopic (exact) mass is 298 g/mol. The number of nitrogens with zero attached hydrogens (tertiary/aromatic N) is 1. The summed E-state index contributed by atoms with van der Waals surface area (Å²) in [5.74, 6) is -0.642. The fraction of sp³-hybridized carbons (Fsp3) is 0.273. The maximum absolute atomic E-state index is 12.0. The molecule has 0 atom stereocenters. The van der Waals surface area contributed by atoms with Crippen LogP contribution in [-0.4, -0.2) is 37.8 Å². The van der Waals surface area contributed by atoms with E-state index in [1.807, 2.05) is 6.07 Å². The van der Waals surface area contributed by atoms with Gasteiger partial charge in [-0.2, -0.15) is 0 Å². The molecule has 8 heteroatoms. The first-order chi connectivity index (χ1) is 9.08. The number of amides is 1. The predicted octanol–water partition coefficient (Wildman–Crippen LogP) is 0.755. The number of fused-ring (bicyclic) bond motifs is 1. The van der Waals surface area contributed by atoms with Gasteiger partial charge >= 0.3 is 0 Å². The van der Waals surface area contributed by atoms with E-state index in [0.29, 0.717) is 5.52 Å². The Bertz CT molecular complexity index is 734. The van der Waals surface area contributed by atoms with Gasteiger partial charge in [-0.05, 0) is 12.1 Å². The van der Waals surface area contributed by atoms with Crippen LogP contribution in [0.15, 0.2) is 23.7 Å². The van der Waals surface area contributed by atoms with Gasteiger partial charge in [0.2, 0.25) is 10.0 Å². The predicted molar refractivity (Wildman–Crippen MR) is 70.6 cm³/mol. The summed E-state index contributed by atoms with van der Waals surface area (Å²) >= 11 is 1.35. The quantitative estimate of drug-likeness (QED) is 0.904. The lowest BCUT2D eigenvalue weighted by molar-refractivity contribution is 0.0411. The smallest absolute Gasteiger partial charge is 0.267 e. The van der Waals surface area contributed by atoms with Crippen LogP contribution in [0.4, 0.5) is 0 Å². The molecule has 0 bridgehead atoms. The molecule has 2 aromatic heterocycles. The van der Waals surface area contributed by atoms with Crippen molar-refractivity contribution in [3.63, 3.8) is 0 Å². The highest BCUT2D eigenvalue weighted by Gasteiger charge is 2.34. The molecule has 0 spiro atoms. The van der Waals surface area contributed by atoms with Gasteiger partial charge < -0.3 is 4.74 Å². The van der Waals surface area contributed by atoms with E-state index in [0.717, 1.165) is 4.70 Å². The summed E-state index contributed by atoms with van der Waals surface area (Å²) in [6.45, 7) is 0.260. The molecule has 0 aliphatic carbocycles. The Morgan fingerprint density at radius 1 is 1.47 bits per heavy atom. The summed E-state index contributed by atoms with van der Waals surface area (Å²) in [5, 5.41) is 0.967. The van der Waals surface area contributed by atoms with Gasteiger partial charge in [0.15, 0.2) is 0 Å². The number of aromatic nitrogens is 1. The number of ether oxygens (including phenoxy) is 1. The molecule has 1 aliphatic heterocycles. The van der Waals surface area contributed by atoms with E-state index in [-0.39, 0.29) is 18.8 Å². The van der Waals surface area contributed by atoms with Crippen LogP contribution in [0, 0.1) is 0 Å². The van der Waals surface area contributed by atoms with Crippen LogP contribution in [0.5, 0.6) is 0 Å². The third-order valence-electron chi connectivity index (χ3n) is 2.86. The topological polar surface area (TPSA) is 85.4 Å². The largest absolute Gasteiger partial charge is 0.378 e. The maximum atomic E-state index is 12.0.